The van der Waals surface area contributed by atoms with Crippen LogP contribution in [-0.4, -0.2) is 41.8 Å². The van der Waals surface area contributed by atoms with E-state index < -0.39 is 18.1 Å². The summed E-state index contributed by atoms with van der Waals surface area (Å²) in [6.07, 6.45) is 1.33. The van der Waals surface area contributed by atoms with Crippen molar-refractivity contribution in [2.75, 3.05) is 13.7 Å². The number of methoxy groups -OCH3 is 1. The third kappa shape index (κ3) is 7.67. The van der Waals surface area contributed by atoms with E-state index in [-0.39, 0.29) is 36.8 Å². The average molecular weight is 663 g/mol. The summed E-state index contributed by atoms with van der Waals surface area (Å²) in [6.45, 7) is 6.70. The molecule has 1 fully saturated rings. The van der Waals surface area contributed by atoms with Crippen LogP contribution in [-0.2, 0) is 28.0 Å². The van der Waals surface area contributed by atoms with Crippen molar-refractivity contribution in [2.24, 2.45) is 0 Å². The van der Waals surface area contributed by atoms with Gasteiger partial charge in [0.15, 0.2) is 0 Å². The van der Waals surface area contributed by atoms with Gasteiger partial charge in [0.25, 0.3) is 0 Å². The molecule has 2 heterocycles. The summed E-state index contributed by atoms with van der Waals surface area (Å²) in [6, 6.07) is 29.2. The number of amides is 2. The Balaban J connectivity index is 1.18. The molecule has 0 radical (unpaired) electrons. The predicted molar refractivity (Wildman–Crippen MR) is 183 cm³/mol. The first kappa shape index (κ1) is 33.5. The van der Waals surface area contributed by atoms with Crippen molar-refractivity contribution in [3.05, 3.63) is 137 Å². The highest BCUT2D eigenvalue weighted by molar-refractivity contribution is 5.94. The standard InChI is InChI=1S/C40H39FN2O6/c1-40(2,3)35-16-10-27(21-33(35)34-22-31(46-4)15-17-36(34)41)24-47-30-13-11-28(12-14-30)32(37-18-19-49-42-37)23-38(44)43-29(25-48-39(43)45)20-26-8-6-5-7-9-26/h5-19,21-22,29,32H,20,23-25H2,1-4H3. The molecule has 49 heavy (non-hydrogen) atoms. The Labute approximate surface area is 285 Å². The Morgan fingerprint density at radius 2 is 1.69 bits per heavy atom. The molecule has 2 unspecified atom stereocenters. The van der Waals surface area contributed by atoms with Crippen molar-refractivity contribution < 1.29 is 32.7 Å². The lowest BCUT2D eigenvalue weighted by Gasteiger charge is -2.24. The summed E-state index contributed by atoms with van der Waals surface area (Å²) in [5.41, 5.74) is 5.32. The number of aromatic nitrogens is 1. The van der Waals surface area contributed by atoms with Gasteiger partial charge in [-0.25, -0.2) is 14.1 Å². The molecule has 9 heteroatoms. The predicted octanol–water partition coefficient (Wildman–Crippen LogP) is 8.48. The molecule has 0 N–H and O–H groups in total. The molecular weight excluding hydrogens is 623 g/mol. The van der Waals surface area contributed by atoms with Gasteiger partial charge in [0, 0.05) is 24.0 Å². The molecule has 1 aromatic heterocycles. The maximum Gasteiger partial charge on any atom is 0.416 e. The van der Waals surface area contributed by atoms with Crippen LogP contribution in [0.25, 0.3) is 11.1 Å². The van der Waals surface area contributed by atoms with Gasteiger partial charge in [-0.1, -0.05) is 80.5 Å². The van der Waals surface area contributed by atoms with Crippen LogP contribution < -0.4 is 9.47 Å². The Hall–Kier alpha value is -5.44. The number of hydrogen-bond acceptors (Lipinski definition) is 7. The molecule has 2 amide bonds. The third-order valence-electron chi connectivity index (χ3n) is 8.78. The van der Waals surface area contributed by atoms with Crippen molar-refractivity contribution in [3.8, 4) is 22.6 Å². The molecule has 2 atom stereocenters. The SMILES string of the molecule is COc1ccc(F)c(-c2cc(COc3ccc(C(CC(=O)N4C(=O)OCC4Cc4ccccc4)c4ccon4)cc3)ccc2C(C)(C)C)c1. The second kappa shape index (κ2) is 14.4. The Morgan fingerprint density at radius 3 is 2.39 bits per heavy atom. The van der Waals surface area contributed by atoms with E-state index in [0.717, 1.165) is 27.8 Å². The van der Waals surface area contributed by atoms with Crippen LogP contribution in [0.4, 0.5) is 9.18 Å². The number of cyclic esters (lactones) is 1. The second-order valence-corrected chi connectivity index (χ2v) is 13.2. The van der Waals surface area contributed by atoms with Gasteiger partial charge in [-0.05, 0) is 76.1 Å². The maximum atomic E-state index is 15.1. The lowest BCUT2D eigenvalue weighted by atomic mass is 9.81. The van der Waals surface area contributed by atoms with Crippen LogP contribution in [0.1, 0.15) is 61.1 Å². The fourth-order valence-electron chi connectivity index (χ4n) is 6.23. The van der Waals surface area contributed by atoms with Gasteiger partial charge in [0.05, 0.1) is 18.8 Å². The lowest BCUT2D eigenvalue weighted by molar-refractivity contribution is -0.129. The molecule has 0 saturated carbocycles. The summed E-state index contributed by atoms with van der Waals surface area (Å²) in [5.74, 6) is 0.0635. The number of nitrogens with zero attached hydrogens (tertiary/aromatic N) is 2. The molecule has 1 aliphatic heterocycles. The molecule has 5 aromatic rings. The number of carbonyl (C=O) groups is 2. The number of rotatable bonds is 11. The van der Waals surface area contributed by atoms with E-state index in [9.17, 15) is 9.59 Å². The molecule has 0 aliphatic carbocycles. The number of benzene rings is 4. The highest BCUT2D eigenvalue weighted by Gasteiger charge is 2.39. The number of imide groups is 1. The van der Waals surface area contributed by atoms with Gasteiger partial charge in [0.2, 0.25) is 5.91 Å². The van der Waals surface area contributed by atoms with Gasteiger partial charge >= 0.3 is 6.09 Å². The second-order valence-electron chi connectivity index (χ2n) is 13.2. The smallest absolute Gasteiger partial charge is 0.416 e. The molecule has 6 rings (SSSR count). The molecule has 4 aromatic carbocycles. The minimum absolute atomic E-state index is 0.00311. The van der Waals surface area contributed by atoms with E-state index in [1.165, 1.54) is 17.2 Å². The maximum absolute atomic E-state index is 15.1. The first-order valence-electron chi connectivity index (χ1n) is 16.2. The third-order valence-corrected chi connectivity index (χ3v) is 8.78. The fourth-order valence-corrected chi connectivity index (χ4v) is 6.23. The molecule has 1 saturated heterocycles. The number of carbonyl (C=O) groups excluding carboxylic acids is 2. The van der Waals surface area contributed by atoms with Crippen LogP contribution in [0.3, 0.4) is 0 Å². The van der Waals surface area contributed by atoms with E-state index in [1.54, 1.807) is 25.3 Å². The number of halogens is 1. The average Bonchev–Trinajstić information content (AvgIpc) is 3.77. The van der Waals surface area contributed by atoms with Crippen molar-refractivity contribution in [1.29, 1.82) is 0 Å². The van der Waals surface area contributed by atoms with Gasteiger partial charge in [-0.15, -0.1) is 0 Å². The van der Waals surface area contributed by atoms with E-state index in [2.05, 4.69) is 25.9 Å². The molecule has 0 bridgehead atoms. The van der Waals surface area contributed by atoms with Gasteiger partial charge in [0.1, 0.15) is 36.8 Å². The zero-order chi connectivity index (χ0) is 34.5. The van der Waals surface area contributed by atoms with E-state index in [4.69, 9.17) is 18.7 Å². The van der Waals surface area contributed by atoms with E-state index in [0.29, 0.717) is 29.2 Å². The van der Waals surface area contributed by atoms with E-state index in [1.807, 2.05) is 72.8 Å². The van der Waals surface area contributed by atoms with Crippen LogP contribution >= 0.6 is 0 Å². The first-order valence-corrected chi connectivity index (χ1v) is 16.2. The van der Waals surface area contributed by atoms with Crippen LogP contribution in [0, 0.1) is 5.82 Å². The lowest BCUT2D eigenvalue weighted by Crippen LogP contribution is -2.40. The normalized spacial score (nSPS) is 15.2. The topological polar surface area (TPSA) is 91.1 Å². The summed E-state index contributed by atoms with van der Waals surface area (Å²) in [7, 11) is 1.56. The molecule has 252 valence electrons. The van der Waals surface area contributed by atoms with Gasteiger partial charge in [-0.3, -0.25) is 4.79 Å². The van der Waals surface area contributed by atoms with E-state index >= 15 is 4.39 Å². The van der Waals surface area contributed by atoms with Crippen molar-refractivity contribution in [1.82, 2.24) is 10.1 Å². The Morgan fingerprint density at radius 1 is 0.939 bits per heavy atom. The highest BCUT2D eigenvalue weighted by atomic mass is 19.1. The minimum Gasteiger partial charge on any atom is -0.497 e. The van der Waals surface area contributed by atoms with Gasteiger partial charge in [-0.2, -0.15) is 0 Å². The summed E-state index contributed by atoms with van der Waals surface area (Å²) in [5, 5.41) is 4.12. The summed E-state index contributed by atoms with van der Waals surface area (Å²) < 4.78 is 37.1. The van der Waals surface area contributed by atoms with Crippen molar-refractivity contribution in [2.45, 2.75) is 57.6 Å². The molecule has 8 nitrogen and oxygen atoms in total. The van der Waals surface area contributed by atoms with Crippen molar-refractivity contribution in [3.63, 3.8) is 0 Å². The number of ether oxygens (including phenoxy) is 3. The monoisotopic (exact) mass is 662 g/mol. The Bertz CT molecular complexity index is 1900. The van der Waals surface area contributed by atoms with Crippen molar-refractivity contribution >= 4 is 12.0 Å². The largest absolute Gasteiger partial charge is 0.497 e. The first-order chi connectivity index (χ1) is 23.6. The molecule has 0 spiro atoms. The quantitative estimate of drug-likeness (QED) is 0.140. The molecule has 1 aliphatic rings. The van der Waals surface area contributed by atoms with Crippen LogP contribution in [0.2, 0.25) is 0 Å². The zero-order valence-electron chi connectivity index (χ0n) is 28.0. The highest BCUT2D eigenvalue weighted by Crippen LogP contribution is 2.37. The van der Waals surface area contributed by atoms with Crippen LogP contribution in [0.5, 0.6) is 11.5 Å². The fraction of sp³-hybridized carbons (Fsp3) is 0.275. The minimum atomic E-state index is -0.638. The molecular formula is C40H39FN2O6. The van der Waals surface area contributed by atoms with Gasteiger partial charge < -0.3 is 18.7 Å². The Kier molecular flexibility index (Phi) is 9.80. The zero-order valence-corrected chi connectivity index (χ0v) is 28.0. The number of hydrogen-bond donors (Lipinski definition) is 0. The summed E-state index contributed by atoms with van der Waals surface area (Å²) >= 11 is 0. The summed E-state index contributed by atoms with van der Waals surface area (Å²) in [4.78, 5) is 27.6. The van der Waals surface area contributed by atoms with Crippen LogP contribution in [0.15, 0.2) is 108 Å².